The summed E-state index contributed by atoms with van der Waals surface area (Å²) < 4.78 is 11.5. The standard InChI is InChI=1S/C37H43N3O6/c1-7-45-35(41)32-25(2)38-26(3)33(34(32)29-19-14-20-30(23-29)40(43)44)36(42)46-37(4,5)24-39(6)22-21-31(27-15-10-8-11-16-27)28-17-12-9-13-18-28/h8-20,23,31,34,38H,7,21-22,24H2,1-6H3. The van der Waals surface area contributed by atoms with Gasteiger partial charge in [0.25, 0.3) is 5.69 Å². The van der Waals surface area contributed by atoms with E-state index in [-0.39, 0.29) is 29.4 Å². The van der Waals surface area contributed by atoms with E-state index >= 15 is 0 Å². The molecule has 0 fully saturated rings. The third-order valence-electron chi connectivity index (χ3n) is 8.11. The van der Waals surface area contributed by atoms with Crippen LogP contribution in [0.3, 0.4) is 0 Å². The van der Waals surface area contributed by atoms with E-state index in [0.717, 1.165) is 13.0 Å². The molecule has 242 valence electrons. The van der Waals surface area contributed by atoms with Crippen LogP contribution < -0.4 is 5.32 Å². The van der Waals surface area contributed by atoms with Gasteiger partial charge < -0.3 is 19.7 Å². The second kappa shape index (κ2) is 15.0. The molecule has 0 aromatic heterocycles. The molecule has 4 rings (SSSR count). The lowest BCUT2D eigenvalue weighted by Crippen LogP contribution is -2.42. The Morgan fingerprint density at radius 1 is 0.913 bits per heavy atom. The predicted octanol–water partition coefficient (Wildman–Crippen LogP) is 6.87. The van der Waals surface area contributed by atoms with Crippen molar-refractivity contribution in [2.75, 3.05) is 26.7 Å². The number of ether oxygens (including phenoxy) is 2. The Balaban J connectivity index is 1.55. The molecule has 0 spiro atoms. The summed E-state index contributed by atoms with van der Waals surface area (Å²) in [6.45, 7) is 10.2. The van der Waals surface area contributed by atoms with Crippen molar-refractivity contribution in [2.24, 2.45) is 0 Å². The number of nitro benzene ring substituents is 1. The zero-order valence-electron chi connectivity index (χ0n) is 27.4. The maximum atomic E-state index is 14.0. The summed E-state index contributed by atoms with van der Waals surface area (Å²) in [4.78, 5) is 40.5. The molecular weight excluding hydrogens is 582 g/mol. The van der Waals surface area contributed by atoms with Crippen molar-refractivity contribution < 1.29 is 24.0 Å². The molecule has 1 unspecified atom stereocenters. The quantitative estimate of drug-likeness (QED) is 0.125. The van der Waals surface area contributed by atoms with Gasteiger partial charge in [-0.25, -0.2) is 9.59 Å². The normalized spacial score (nSPS) is 15.2. The molecule has 3 aromatic rings. The van der Waals surface area contributed by atoms with Crippen molar-refractivity contribution in [1.29, 1.82) is 0 Å². The van der Waals surface area contributed by atoms with Crippen LogP contribution in [0.4, 0.5) is 5.69 Å². The van der Waals surface area contributed by atoms with Crippen LogP contribution in [-0.4, -0.2) is 54.1 Å². The number of non-ortho nitro benzene ring substituents is 1. The summed E-state index contributed by atoms with van der Waals surface area (Å²) in [5, 5.41) is 14.8. The molecule has 0 radical (unpaired) electrons. The zero-order valence-corrected chi connectivity index (χ0v) is 27.4. The van der Waals surface area contributed by atoms with Gasteiger partial charge in [-0.1, -0.05) is 72.8 Å². The maximum absolute atomic E-state index is 14.0. The van der Waals surface area contributed by atoms with E-state index < -0.39 is 28.4 Å². The first-order chi connectivity index (χ1) is 21.9. The highest BCUT2D eigenvalue weighted by Gasteiger charge is 2.40. The number of nitro groups is 1. The van der Waals surface area contributed by atoms with E-state index in [0.29, 0.717) is 23.5 Å². The van der Waals surface area contributed by atoms with Crippen LogP contribution in [0, 0.1) is 10.1 Å². The number of rotatable bonds is 13. The Bertz CT molecular complexity index is 1570. The van der Waals surface area contributed by atoms with Gasteiger partial charge in [-0.05, 0) is 71.3 Å². The fraction of sp³-hybridized carbons (Fsp3) is 0.351. The van der Waals surface area contributed by atoms with Gasteiger partial charge >= 0.3 is 11.9 Å². The van der Waals surface area contributed by atoms with Gasteiger partial charge in [0.05, 0.1) is 28.6 Å². The lowest BCUT2D eigenvalue weighted by molar-refractivity contribution is -0.384. The average molecular weight is 626 g/mol. The van der Waals surface area contributed by atoms with E-state index in [4.69, 9.17) is 9.47 Å². The van der Waals surface area contributed by atoms with E-state index in [1.54, 1.807) is 32.9 Å². The van der Waals surface area contributed by atoms with Crippen LogP contribution in [-0.2, 0) is 19.1 Å². The topological polar surface area (TPSA) is 111 Å². The number of carbonyl (C=O) groups excluding carboxylic acids is 2. The molecule has 0 saturated heterocycles. The Morgan fingerprint density at radius 3 is 2.02 bits per heavy atom. The van der Waals surface area contributed by atoms with Crippen molar-refractivity contribution in [2.45, 2.75) is 58.5 Å². The van der Waals surface area contributed by atoms with Gasteiger partial charge in [0, 0.05) is 36.0 Å². The number of esters is 2. The van der Waals surface area contributed by atoms with Gasteiger partial charge in [0.2, 0.25) is 0 Å². The second-order valence-electron chi connectivity index (χ2n) is 12.3. The number of benzene rings is 3. The molecule has 46 heavy (non-hydrogen) atoms. The van der Waals surface area contributed by atoms with Crippen molar-refractivity contribution in [3.63, 3.8) is 0 Å². The number of allylic oxidation sites excluding steroid dienone is 2. The third kappa shape index (κ3) is 8.28. The largest absolute Gasteiger partial charge is 0.463 e. The minimum atomic E-state index is -0.918. The van der Waals surface area contributed by atoms with Gasteiger partial charge in [-0.2, -0.15) is 0 Å². The van der Waals surface area contributed by atoms with Crippen molar-refractivity contribution in [3.8, 4) is 0 Å². The third-order valence-corrected chi connectivity index (χ3v) is 8.11. The van der Waals surface area contributed by atoms with Gasteiger partial charge in [0.15, 0.2) is 0 Å². The first kappa shape index (κ1) is 34.1. The van der Waals surface area contributed by atoms with Gasteiger partial charge in [0.1, 0.15) is 5.60 Å². The van der Waals surface area contributed by atoms with Crippen molar-refractivity contribution in [1.82, 2.24) is 10.2 Å². The Labute approximate surface area is 271 Å². The fourth-order valence-corrected chi connectivity index (χ4v) is 6.21. The highest BCUT2D eigenvalue weighted by atomic mass is 16.6. The number of hydrogen-bond acceptors (Lipinski definition) is 8. The number of hydrogen-bond donors (Lipinski definition) is 1. The molecule has 1 aliphatic heterocycles. The second-order valence-corrected chi connectivity index (χ2v) is 12.3. The lowest BCUT2D eigenvalue weighted by atomic mass is 9.80. The van der Waals surface area contributed by atoms with E-state index in [9.17, 15) is 19.7 Å². The Morgan fingerprint density at radius 2 is 1.48 bits per heavy atom. The monoisotopic (exact) mass is 625 g/mol. The van der Waals surface area contributed by atoms with Crippen molar-refractivity contribution >= 4 is 17.6 Å². The molecule has 0 saturated carbocycles. The first-order valence-corrected chi connectivity index (χ1v) is 15.5. The molecule has 0 bridgehead atoms. The number of nitrogens with zero attached hydrogens (tertiary/aromatic N) is 2. The number of carbonyl (C=O) groups is 2. The van der Waals surface area contributed by atoms with E-state index in [1.807, 2.05) is 33.0 Å². The SMILES string of the molecule is CCOC(=O)C1=C(C)NC(C)=C(C(=O)OC(C)(C)CN(C)CCC(c2ccccc2)c2ccccc2)C1c1cccc([N+](=O)[O-])c1. The summed E-state index contributed by atoms with van der Waals surface area (Å²) in [6, 6.07) is 26.8. The van der Waals surface area contributed by atoms with E-state index in [2.05, 4.69) is 58.7 Å². The Kier molecular flexibility index (Phi) is 11.1. The number of nitrogens with one attached hydrogen (secondary N) is 1. The fourth-order valence-electron chi connectivity index (χ4n) is 6.21. The zero-order chi connectivity index (χ0) is 33.4. The molecule has 0 amide bonds. The summed E-state index contributed by atoms with van der Waals surface area (Å²) in [5.74, 6) is -1.92. The summed E-state index contributed by atoms with van der Waals surface area (Å²) in [7, 11) is 2.01. The van der Waals surface area contributed by atoms with Crippen molar-refractivity contribution in [3.05, 3.63) is 134 Å². The van der Waals surface area contributed by atoms with Gasteiger partial charge in [-0.3, -0.25) is 10.1 Å². The average Bonchev–Trinajstić information content (AvgIpc) is 3.01. The maximum Gasteiger partial charge on any atom is 0.337 e. The summed E-state index contributed by atoms with van der Waals surface area (Å²) >= 11 is 0. The summed E-state index contributed by atoms with van der Waals surface area (Å²) in [5.41, 5.74) is 3.29. The highest BCUT2D eigenvalue weighted by molar-refractivity contribution is 6.00. The smallest absolute Gasteiger partial charge is 0.337 e. The minimum Gasteiger partial charge on any atom is -0.463 e. The molecule has 9 nitrogen and oxygen atoms in total. The van der Waals surface area contributed by atoms with Crippen LogP contribution in [0.25, 0.3) is 0 Å². The predicted molar refractivity (Wildman–Crippen MR) is 178 cm³/mol. The van der Waals surface area contributed by atoms with Crippen LogP contribution in [0.15, 0.2) is 107 Å². The molecule has 3 aromatic carbocycles. The molecule has 0 aliphatic carbocycles. The van der Waals surface area contributed by atoms with Crippen LogP contribution in [0.1, 0.15) is 69.6 Å². The number of likely N-dealkylation sites (N-methyl/N-ethyl adjacent to an activating group) is 1. The van der Waals surface area contributed by atoms with Gasteiger partial charge in [-0.15, -0.1) is 0 Å². The molecule has 1 atom stereocenters. The van der Waals surface area contributed by atoms with Crippen LogP contribution in [0.2, 0.25) is 0 Å². The molecule has 1 aliphatic rings. The molecule has 9 heteroatoms. The lowest BCUT2D eigenvalue weighted by Gasteiger charge is -2.34. The van der Waals surface area contributed by atoms with Crippen LogP contribution >= 0.6 is 0 Å². The van der Waals surface area contributed by atoms with Crippen LogP contribution in [0.5, 0.6) is 0 Å². The van der Waals surface area contributed by atoms with E-state index in [1.165, 1.54) is 23.3 Å². The molecule has 1 N–H and O–H groups in total. The molecule has 1 heterocycles. The summed E-state index contributed by atoms with van der Waals surface area (Å²) in [6.07, 6.45) is 0.866. The Hall–Kier alpha value is -4.76. The highest BCUT2D eigenvalue weighted by Crippen LogP contribution is 2.40. The minimum absolute atomic E-state index is 0.133. The first-order valence-electron chi connectivity index (χ1n) is 15.5. The molecular formula is C37H43N3O6. The number of dihydropyridines is 1.